The zero-order valence-corrected chi connectivity index (χ0v) is 12.9. The van der Waals surface area contributed by atoms with Crippen LogP contribution in [0.3, 0.4) is 0 Å². The molecular weight excluding hydrogens is 293 g/mol. The molecule has 1 aliphatic carbocycles. The average molecular weight is 311 g/mol. The van der Waals surface area contributed by atoms with Gasteiger partial charge in [0.15, 0.2) is 0 Å². The second kappa shape index (κ2) is 4.68. The molecular formula is C18H18FN3O. The van der Waals surface area contributed by atoms with Gasteiger partial charge < -0.3 is 15.0 Å². The second-order valence-corrected chi connectivity index (χ2v) is 6.82. The Morgan fingerprint density at radius 2 is 2.22 bits per heavy atom. The summed E-state index contributed by atoms with van der Waals surface area (Å²) in [7, 11) is 0. The Kier molecular flexibility index (Phi) is 2.71. The summed E-state index contributed by atoms with van der Waals surface area (Å²) < 4.78 is 19.1. The summed E-state index contributed by atoms with van der Waals surface area (Å²) in [5, 5.41) is 3.67. The highest BCUT2D eigenvalue weighted by atomic mass is 19.1. The number of pyridine rings is 1. The number of hydrogen-bond donors (Lipinski definition) is 1. The van der Waals surface area contributed by atoms with E-state index in [1.54, 1.807) is 12.3 Å². The number of rotatable bonds is 3. The van der Waals surface area contributed by atoms with Crippen LogP contribution in [0.1, 0.15) is 12.0 Å². The first kappa shape index (κ1) is 13.3. The third-order valence-electron chi connectivity index (χ3n) is 5.28. The molecule has 4 unspecified atom stereocenters. The molecule has 6 rings (SSSR count). The van der Waals surface area contributed by atoms with Gasteiger partial charge in [-0.3, -0.25) is 4.98 Å². The zero-order chi connectivity index (χ0) is 15.6. The van der Waals surface area contributed by atoms with Crippen molar-refractivity contribution in [2.45, 2.75) is 31.5 Å². The van der Waals surface area contributed by atoms with Crippen LogP contribution < -0.4 is 15.0 Å². The number of nitrogens with one attached hydrogen (secondary N) is 1. The van der Waals surface area contributed by atoms with Crippen molar-refractivity contribution in [1.29, 1.82) is 0 Å². The summed E-state index contributed by atoms with van der Waals surface area (Å²) in [6.45, 7) is 2.88. The van der Waals surface area contributed by atoms with E-state index in [4.69, 9.17) is 4.74 Å². The van der Waals surface area contributed by atoms with Crippen LogP contribution in [-0.4, -0.2) is 29.7 Å². The predicted octanol–water partition coefficient (Wildman–Crippen LogP) is 2.87. The van der Waals surface area contributed by atoms with Gasteiger partial charge in [0.25, 0.3) is 0 Å². The molecule has 23 heavy (non-hydrogen) atoms. The van der Waals surface area contributed by atoms with Gasteiger partial charge in [0.2, 0.25) is 0 Å². The lowest BCUT2D eigenvalue weighted by atomic mass is 10.1. The maximum absolute atomic E-state index is 13.2. The molecule has 1 aromatic heterocycles. The number of benzene rings is 1. The first-order chi connectivity index (χ1) is 11.2. The van der Waals surface area contributed by atoms with Crippen LogP contribution in [0.25, 0.3) is 0 Å². The lowest BCUT2D eigenvalue weighted by Gasteiger charge is -2.36. The fourth-order valence-electron chi connectivity index (χ4n) is 4.20. The third-order valence-corrected chi connectivity index (χ3v) is 5.28. The van der Waals surface area contributed by atoms with Gasteiger partial charge >= 0.3 is 0 Å². The molecule has 3 saturated heterocycles. The molecule has 5 heteroatoms. The minimum Gasteiger partial charge on any atom is -0.455 e. The van der Waals surface area contributed by atoms with Gasteiger partial charge in [-0.05, 0) is 43.0 Å². The third kappa shape index (κ3) is 2.10. The summed E-state index contributed by atoms with van der Waals surface area (Å²) in [5.74, 6) is 1.92. The summed E-state index contributed by atoms with van der Waals surface area (Å²) in [6, 6.07) is 8.48. The SMILES string of the molecule is Cc1cc(F)ccc1Oc1cncc(N2CC3CC4C(N3)C42)c1. The van der Waals surface area contributed by atoms with E-state index in [1.165, 1.54) is 18.6 Å². The van der Waals surface area contributed by atoms with Gasteiger partial charge in [-0.15, -0.1) is 0 Å². The molecule has 2 aromatic rings. The van der Waals surface area contributed by atoms with E-state index in [-0.39, 0.29) is 5.82 Å². The van der Waals surface area contributed by atoms with Gasteiger partial charge in [-0.2, -0.15) is 0 Å². The first-order valence-corrected chi connectivity index (χ1v) is 8.11. The lowest BCUT2D eigenvalue weighted by molar-refractivity contribution is 0.432. The molecule has 4 bridgehead atoms. The number of nitrogens with zero attached hydrogens (tertiary/aromatic N) is 2. The molecule has 4 atom stereocenters. The maximum atomic E-state index is 13.2. The Hall–Kier alpha value is -2.14. The Bertz CT molecular complexity index is 769. The number of aromatic nitrogens is 1. The van der Waals surface area contributed by atoms with Crippen molar-refractivity contribution in [3.8, 4) is 11.5 Å². The number of piperidine rings is 2. The Labute approximate surface area is 134 Å². The minimum absolute atomic E-state index is 0.249. The Morgan fingerprint density at radius 1 is 1.30 bits per heavy atom. The average Bonchev–Trinajstić information content (AvgIpc) is 3.12. The maximum Gasteiger partial charge on any atom is 0.147 e. The van der Waals surface area contributed by atoms with E-state index in [9.17, 15) is 4.39 Å². The number of piperazine rings is 1. The fourth-order valence-corrected chi connectivity index (χ4v) is 4.20. The number of fused-ring (bicyclic) bond motifs is 1. The smallest absolute Gasteiger partial charge is 0.147 e. The predicted molar refractivity (Wildman–Crippen MR) is 85.4 cm³/mol. The van der Waals surface area contributed by atoms with Gasteiger partial charge in [-0.25, -0.2) is 4.39 Å². The van der Waals surface area contributed by atoms with Crippen molar-refractivity contribution in [3.05, 3.63) is 48.0 Å². The molecule has 4 aliphatic rings. The normalized spacial score (nSPS) is 30.4. The monoisotopic (exact) mass is 311 g/mol. The van der Waals surface area contributed by atoms with Crippen LogP contribution in [0.5, 0.6) is 11.5 Å². The molecule has 4 fully saturated rings. The summed E-state index contributed by atoms with van der Waals surface area (Å²) in [4.78, 5) is 6.79. The van der Waals surface area contributed by atoms with Crippen LogP contribution in [0.15, 0.2) is 36.7 Å². The van der Waals surface area contributed by atoms with Crippen molar-refractivity contribution in [1.82, 2.24) is 10.3 Å². The number of anilines is 1. The first-order valence-electron chi connectivity index (χ1n) is 8.11. The lowest BCUT2D eigenvalue weighted by Crippen LogP contribution is -2.51. The molecule has 1 N–H and O–H groups in total. The molecule has 4 nitrogen and oxygen atoms in total. The Morgan fingerprint density at radius 3 is 2.96 bits per heavy atom. The molecule has 0 radical (unpaired) electrons. The van der Waals surface area contributed by atoms with Crippen molar-refractivity contribution < 1.29 is 9.13 Å². The Balaban J connectivity index is 1.40. The fraction of sp³-hybridized carbons (Fsp3) is 0.389. The summed E-state index contributed by atoms with van der Waals surface area (Å²) in [5.41, 5.74) is 1.90. The molecule has 1 aromatic carbocycles. The van der Waals surface area contributed by atoms with Crippen LogP contribution >= 0.6 is 0 Å². The van der Waals surface area contributed by atoms with E-state index in [1.807, 2.05) is 19.2 Å². The highest BCUT2D eigenvalue weighted by Gasteiger charge is 2.62. The number of aryl methyl sites for hydroxylation is 1. The van der Waals surface area contributed by atoms with Crippen molar-refractivity contribution in [2.24, 2.45) is 5.92 Å². The van der Waals surface area contributed by atoms with E-state index in [2.05, 4.69) is 15.2 Å². The molecule has 4 heterocycles. The molecule has 118 valence electrons. The zero-order valence-electron chi connectivity index (χ0n) is 12.9. The quantitative estimate of drug-likeness (QED) is 0.946. The number of hydrogen-bond acceptors (Lipinski definition) is 4. The number of halogens is 1. The van der Waals surface area contributed by atoms with Crippen LogP contribution in [-0.2, 0) is 0 Å². The topological polar surface area (TPSA) is 37.4 Å². The summed E-state index contributed by atoms with van der Waals surface area (Å²) in [6.07, 6.45) is 4.92. The van der Waals surface area contributed by atoms with Crippen molar-refractivity contribution >= 4 is 5.69 Å². The van der Waals surface area contributed by atoms with E-state index < -0.39 is 0 Å². The van der Waals surface area contributed by atoms with Gasteiger partial charge in [0, 0.05) is 30.7 Å². The highest BCUT2D eigenvalue weighted by Crippen LogP contribution is 2.50. The molecule has 0 amide bonds. The molecule has 3 aliphatic heterocycles. The minimum atomic E-state index is -0.249. The summed E-state index contributed by atoms with van der Waals surface area (Å²) >= 11 is 0. The van der Waals surface area contributed by atoms with Crippen LogP contribution in [0.4, 0.5) is 10.1 Å². The van der Waals surface area contributed by atoms with Crippen LogP contribution in [0.2, 0.25) is 0 Å². The standard InChI is InChI=1S/C18H18FN3O/c1-10-4-11(19)2-3-16(10)23-14-6-13(7-20-8-14)22-9-12-5-15-17(21-12)18(15)22/h2-4,6-8,12,15,17-18,21H,5,9H2,1H3. The highest BCUT2D eigenvalue weighted by molar-refractivity contribution is 5.55. The van der Waals surface area contributed by atoms with Crippen molar-refractivity contribution in [2.75, 3.05) is 11.4 Å². The van der Waals surface area contributed by atoms with Gasteiger partial charge in [0.1, 0.15) is 17.3 Å². The van der Waals surface area contributed by atoms with Crippen LogP contribution in [0, 0.1) is 18.7 Å². The number of ether oxygens (including phenoxy) is 1. The van der Waals surface area contributed by atoms with E-state index in [0.29, 0.717) is 29.6 Å². The van der Waals surface area contributed by atoms with E-state index in [0.717, 1.165) is 23.7 Å². The molecule has 1 saturated carbocycles. The van der Waals surface area contributed by atoms with Gasteiger partial charge in [-0.1, -0.05) is 0 Å². The largest absolute Gasteiger partial charge is 0.455 e. The van der Waals surface area contributed by atoms with Gasteiger partial charge in [0.05, 0.1) is 18.1 Å². The second-order valence-electron chi connectivity index (χ2n) is 6.82. The van der Waals surface area contributed by atoms with Crippen molar-refractivity contribution in [3.63, 3.8) is 0 Å². The van der Waals surface area contributed by atoms with E-state index >= 15 is 0 Å². The molecule has 0 spiro atoms.